The highest BCUT2D eigenvalue weighted by molar-refractivity contribution is 6.01. The molecule has 3 rings (SSSR count). The molecule has 0 bridgehead atoms. The zero-order valence-corrected chi connectivity index (χ0v) is 15.5. The monoisotopic (exact) mass is 446 g/mol. The molecular weight excluding hydrogens is 434 g/mol. The van der Waals surface area contributed by atoms with Crippen molar-refractivity contribution in [3.63, 3.8) is 0 Å². The Hall–Kier alpha value is -3.84. The van der Waals surface area contributed by atoms with Crippen LogP contribution in [0.3, 0.4) is 0 Å². The maximum atomic E-state index is 13.4. The van der Waals surface area contributed by atoms with E-state index in [1.807, 2.05) is 0 Å². The number of carbonyl (C=O) groups excluding carboxylic acids is 1. The minimum Gasteiger partial charge on any atom is -0.467 e. The van der Waals surface area contributed by atoms with Gasteiger partial charge in [-0.05, 0) is 6.07 Å². The first-order chi connectivity index (χ1) is 14.6. The average molecular weight is 446 g/mol. The van der Waals surface area contributed by atoms with Crippen LogP contribution in [0.5, 0.6) is 6.01 Å². The van der Waals surface area contributed by atoms with Gasteiger partial charge >= 0.3 is 18.2 Å². The second kappa shape index (κ2) is 8.49. The predicted octanol–water partition coefficient (Wildman–Crippen LogP) is 3.88. The largest absolute Gasteiger partial charge is 0.467 e. The molecule has 2 N–H and O–H groups in total. The van der Waals surface area contributed by atoms with Crippen molar-refractivity contribution in [3.05, 3.63) is 59.4 Å². The summed E-state index contributed by atoms with van der Waals surface area (Å²) in [4.78, 5) is 21.2. The number of benzene rings is 1. The third-order valence-electron chi connectivity index (χ3n) is 3.84. The highest BCUT2D eigenvalue weighted by Crippen LogP contribution is 2.28. The van der Waals surface area contributed by atoms with Crippen molar-refractivity contribution in [1.82, 2.24) is 20.2 Å². The lowest BCUT2D eigenvalue weighted by atomic mass is 10.3. The van der Waals surface area contributed by atoms with E-state index in [1.54, 1.807) is 0 Å². The summed E-state index contributed by atoms with van der Waals surface area (Å²) in [5.74, 6) is -4.81. The summed E-state index contributed by atoms with van der Waals surface area (Å²) < 4.78 is 83.1. The quantitative estimate of drug-likeness (QED) is 0.458. The van der Waals surface area contributed by atoms with Gasteiger partial charge in [0.05, 0.1) is 37.4 Å². The minimum absolute atomic E-state index is 0.00418. The first-order valence-corrected chi connectivity index (χ1v) is 8.29. The number of aromatic nitrogens is 4. The number of anilines is 2. The zero-order valence-electron chi connectivity index (χ0n) is 15.5. The van der Waals surface area contributed by atoms with Crippen molar-refractivity contribution in [2.24, 2.45) is 0 Å². The summed E-state index contributed by atoms with van der Waals surface area (Å²) >= 11 is 0. The molecule has 164 valence electrons. The van der Waals surface area contributed by atoms with E-state index in [1.165, 1.54) is 7.11 Å². The van der Waals surface area contributed by atoms with Crippen LogP contribution in [0.1, 0.15) is 11.4 Å². The Morgan fingerprint density at radius 3 is 2.26 bits per heavy atom. The lowest BCUT2D eigenvalue weighted by Crippen LogP contribution is -2.35. The maximum Gasteiger partial charge on any atom is 0.435 e. The highest BCUT2D eigenvalue weighted by Gasteiger charge is 2.34. The van der Waals surface area contributed by atoms with E-state index in [0.29, 0.717) is 18.2 Å². The van der Waals surface area contributed by atoms with Crippen LogP contribution in [0.15, 0.2) is 30.6 Å². The van der Waals surface area contributed by atoms with Gasteiger partial charge in [0.2, 0.25) is 0 Å². The molecule has 1 aromatic carbocycles. The van der Waals surface area contributed by atoms with Crippen molar-refractivity contribution in [2.45, 2.75) is 12.7 Å². The van der Waals surface area contributed by atoms with Crippen LogP contribution in [0.4, 0.5) is 42.5 Å². The number of carbonyl (C=O) groups is 1. The van der Waals surface area contributed by atoms with E-state index in [9.17, 15) is 31.1 Å². The van der Waals surface area contributed by atoms with E-state index in [-0.39, 0.29) is 17.4 Å². The number of nitrogens with one attached hydrogen (secondary N) is 2. The van der Waals surface area contributed by atoms with Crippen LogP contribution in [-0.4, -0.2) is 33.3 Å². The molecule has 0 aliphatic carbocycles. The van der Waals surface area contributed by atoms with Crippen LogP contribution in [0.25, 0.3) is 0 Å². The van der Waals surface area contributed by atoms with Crippen molar-refractivity contribution >= 4 is 17.4 Å². The van der Waals surface area contributed by atoms with Crippen LogP contribution >= 0.6 is 0 Å². The van der Waals surface area contributed by atoms with Crippen LogP contribution in [0, 0.1) is 17.5 Å². The van der Waals surface area contributed by atoms with E-state index in [0.717, 1.165) is 17.3 Å². The van der Waals surface area contributed by atoms with Crippen LogP contribution in [0.2, 0.25) is 0 Å². The molecule has 31 heavy (non-hydrogen) atoms. The van der Waals surface area contributed by atoms with Crippen molar-refractivity contribution < 1.29 is 35.9 Å². The molecular formula is C17H12F6N6O2. The third-order valence-corrected chi connectivity index (χ3v) is 3.84. The van der Waals surface area contributed by atoms with Crippen molar-refractivity contribution in [1.29, 1.82) is 0 Å². The third kappa shape index (κ3) is 5.02. The summed E-state index contributed by atoms with van der Waals surface area (Å²) in [5.41, 5.74) is -1.75. The molecule has 0 aliphatic rings. The number of hydrogen-bond donors (Lipinski definition) is 2. The molecule has 0 unspecified atom stereocenters. The second-order valence-corrected chi connectivity index (χ2v) is 5.97. The average Bonchev–Trinajstić information content (AvgIpc) is 3.19. The number of H-pyrrole nitrogens is 1. The number of halogens is 6. The molecule has 0 spiro atoms. The number of alkyl halides is 3. The Bertz CT molecular complexity index is 1060. The first kappa shape index (κ1) is 21.9. The Morgan fingerprint density at radius 2 is 1.74 bits per heavy atom. The van der Waals surface area contributed by atoms with Gasteiger partial charge in [-0.25, -0.2) is 27.9 Å². The Kier molecular flexibility index (Phi) is 5.99. The smallest absolute Gasteiger partial charge is 0.435 e. The summed E-state index contributed by atoms with van der Waals surface area (Å²) in [5, 5.41) is 7.42. The number of ether oxygens (including phenoxy) is 1. The van der Waals surface area contributed by atoms with Gasteiger partial charge < -0.3 is 10.1 Å². The maximum absolute atomic E-state index is 13.4. The van der Waals surface area contributed by atoms with Gasteiger partial charge in [0, 0.05) is 17.8 Å². The van der Waals surface area contributed by atoms with E-state index in [2.05, 4.69) is 25.5 Å². The van der Waals surface area contributed by atoms with Crippen LogP contribution in [-0.2, 0) is 12.7 Å². The standard InChI is InChI=1S/C17H12F6N6O2/c1-31-15-24-5-10(6-25-15)29(7-9-4-13(28-27-9)17(21,22)23)16(30)26-8-2-11(18)14(20)12(19)3-8/h2-6H,7H2,1H3,(H,26,30)(H,27,28). The van der Waals surface area contributed by atoms with E-state index in [4.69, 9.17) is 4.74 Å². The van der Waals surface area contributed by atoms with Crippen molar-refractivity contribution in [2.75, 3.05) is 17.3 Å². The highest BCUT2D eigenvalue weighted by atomic mass is 19.4. The molecule has 8 nitrogen and oxygen atoms in total. The number of methoxy groups -OCH3 is 1. The lowest BCUT2D eigenvalue weighted by molar-refractivity contribution is -0.141. The molecule has 3 aromatic rings. The fourth-order valence-electron chi connectivity index (χ4n) is 2.41. The van der Waals surface area contributed by atoms with E-state index < -0.39 is 47.6 Å². The Morgan fingerprint density at radius 1 is 1.13 bits per heavy atom. The number of amides is 2. The first-order valence-electron chi connectivity index (χ1n) is 8.29. The number of rotatable bonds is 5. The molecule has 14 heteroatoms. The molecule has 2 aromatic heterocycles. The second-order valence-electron chi connectivity index (χ2n) is 5.97. The molecule has 0 radical (unpaired) electrons. The normalized spacial score (nSPS) is 11.3. The summed E-state index contributed by atoms with van der Waals surface area (Å²) in [6.45, 7) is -0.475. The molecule has 2 heterocycles. The summed E-state index contributed by atoms with van der Waals surface area (Å²) in [6, 6.07) is 0.686. The molecule has 2 amide bonds. The van der Waals surface area contributed by atoms with Gasteiger partial charge in [-0.3, -0.25) is 10.00 Å². The van der Waals surface area contributed by atoms with Gasteiger partial charge in [-0.1, -0.05) is 0 Å². The van der Waals surface area contributed by atoms with Gasteiger partial charge in [-0.15, -0.1) is 0 Å². The van der Waals surface area contributed by atoms with Gasteiger partial charge in [0.15, 0.2) is 23.1 Å². The number of nitrogens with zero attached hydrogens (tertiary/aromatic N) is 4. The number of hydrogen-bond acceptors (Lipinski definition) is 5. The van der Waals surface area contributed by atoms with Gasteiger partial charge in [-0.2, -0.15) is 18.3 Å². The van der Waals surface area contributed by atoms with Gasteiger partial charge in [0.1, 0.15) is 0 Å². The number of aromatic amines is 1. The number of urea groups is 1. The fraction of sp³-hybridized carbons (Fsp3) is 0.176. The fourth-order valence-corrected chi connectivity index (χ4v) is 2.41. The van der Waals surface area contributed by atoms with Crippen molar-refractivity contribution in [3.8, 4) is 6.01 Å². The molecule has 0 saturated heterocycles. The Labute approximate surface area is 169 Å². The van der Waals surface area contributed by atoms with Crippen LogP contribution < -0.4 is 15.0 Å². The zero-order chi connectivity index (χ0) is 22.8. The van der Waals surface area contributed by atoms with E-state index >= 15 is 0 Å². The lowest BCUT2D eigenvalue weighted by Gasteiger charge is -2.22. The predicted molar refractivity (Wildman–Crippen MR) is 93.7 cm³/mol. The molecule has 0 fully saturated rings. The summed E-state index contributed by atoms with van der Waals surface area (Å²) in [7, 11) is 1.29. The molecule has 0 saturated carbocycles. The Balaban J connectivity index is 1.91. The topological polar surface area (TPSA) is 96.0 Å². The summed E-state index contributed by atoms with van der Waals surface area (Å²) in [6.07, 6.45) is -2.44. The minimum atomic E-state index is -4.71. The van der Waals surface area contributed by atoms with Gasteiger partial charge in [0.25, 0.3) is 0 Å². The molecule has 0 atom stereocenters. The molecule has 0 aliphatic heterocycles. The SMILES string of the molecule is COc1ncc(N(Cc2cc(C(F)(F)F)n[nH]2)C(=O)Nc2cc(F)c(F)c(F)c2)cn1.